The predicted molar refractivity (Wildman–Crippen MR) is 106 cm³/mol. The van der Waals surface area contributed by atoms with Crippen LogP contribution in [0.5, 0.6) is 0 Å². The first-order chi connectivity index (χ1) is 13.6. The van der Waals surface area contributed by atoms with Crippen molar-refractivity contribution >= 4 is 34.2 Å². The van der Waals surface area contributed by atoms with Gasteiger partial charge >= 0.3 is 5.97 Å². The number of rotatable bonds is 7. The van der Waals surface area contributed by atoms with Crippen LogP contribution in [0.3, 0.4) is 0 Å². The molecule has 8 nitrogen and oxygen atoms in total. The van der Waals surface area contributed by atoms with Gasteiger partial charge in [-0.05, 0) is 12.5 Å². The summed E-state index contributed by atoms with van der Waals surface area (Å²) < 4.78 is 5.02. The molecule has 0 aliphatic rings. The molecule has 0 saturated carbocycles. The molecule has 0 spiro atoms. The van der Waals surface area contributed by atoms with Gasteiger partial charge in [0.15, 0.2) is 5.13 Å². The van der Waals surface area contributed by atoms with E-state index < -0.39 is 5.97 Å². The van der Waals surface area contributed by atoms with E-state index in [-0.39, 0.29) is 18.1 Å². The van der Waals surface area contributed by atoms with Gasteiger partial charge in [-0.25, -0.2) is 19.7 Å². The molecule has 2 aromatic heterocycles. The maximum Gasteiger partial charge on any atom is 0.343 e. The number of amides is 1. The number of hydrogen-bond donors (Lipinski definition) is 2. The van der Waals surface area contributed by atoms with Crippen molar-refractivity contribution in [1.29, 1.82) is 0 Å². The zero-order valence-corrected chi connectivity index (χ0v) is 16.2. The molecular weight excluding hydrogens is 378 g/mol. The number of anilines is 2. The number of thiazole rings is 1. The Kier molecular flexibility index (Phi) is 6.28. The Labute approximate surface area is 166 Å². The number of carbonyl (C=O) groups excluding carboxylic acids is 2. The summed E-state index contributed by atoms with van der Waals surface area (Å²) in [5.74, 6) is -0.205. The molecule has 1 aromatic carbocycles. The Hall–Kier alpha value is -3.33. The van der Waals surface area contributed by atoms with Crippen LogP contribution in [0.1, 0.15) is 29.8 Å². The minimum absolute atomic E-state index is 0.0637. The topological polar surface area (TPSA) is 106 Å². The zero-order chi connectivity index (χ0) is 19.9. The molecule has 0 aliphatic carbocycles. The third-order valence-electron chi connectivity index (χ3n) is 3.73. The maximum atomic E-state index is 12.0. The summed E-state index contributed by atoms with van der Waals surface area (Å²) in [6.45, 7) is 3.99. The number of carbonyl (C=O) groups is 2. The molecule has 0 unspecified atom stereocenters. The number of nitrogens with one attached hydrogen (secondary N) is 2. The van der Waals surface area contributed by atoms with E-state index in [4.69, 9.17) is 4.74 Å². The van der Waals surface area contributed by atoms with Crippen molar-refractivity contribution < 1.29 is 14.3 Å². The second-order valence-electron chi connectivity index (χ2n) is 5.78. The largest absolute Gasteiger partial charge is 0.462 e. The average Bonchev–Trinajstić information content (AvgIpc) is 3.16. The third-order valence-corrected chi connectivity index (χ3v) is 4.49. The Balaban J connectivity index is 1.73. The Bertz CT molecular complexity index is 972. The van der Waals surface area contributed by atoms with E-state index in [2.05, 4.69) is 25.6 Å². The molecule has 0 radical (unpaired) electrons. The molecule has 9 heteroatoms. The zero-order valence-electron chi connectivity index (χ0n) is 15.4. The van der Waals surface area contributed by atoms with Crippen LogP contribution < -0.4 is 10.6 Å². The van der Waals surface area contributed by atoms with E-state index in [9.17, 15) is 9.59 Å². The van der Waals surface area contributed by atoms with Gasteiger partial charge in [0.25, 0.3) is 0 Å². The third kappa shape index (κ3) is 4.89. The van der Waals surface area contributed by atoms with Crippen molar-refractivity contribution in [1.82, 2.24) is 20.3 Å². The minimum Gasteiger partial charge on any atom is -0.462 e. The summed E-state index contributed by atoms with van der Waals surface area (Å²) in [5.41, 5.74) is 3.01. The Morgan fingerprint density at radius 3 is 2.71 bits per heavy atom. The number of nitrogens with zero attached hydrogens (tertiary/aromatic N) is 3. The van der Waals surface area contributed by atoms with Crippen LogP contribution in [-0.2, 0) is 16.1 Å². The Morgan fingerprint density at radius 2 is 2.00 bits per heavy atom. The van der Waals surface area contributed by atoms with Gasteiger partial charge in [-0.2, -0.15) is 0 Å². The molecule has 2 heterocycles. The average molecular weight is 397 g/mol. The highest BCUT2D eigenvalue weighted by Crippen LogP contribution is 2.27. The minimum atomic E-state index is -0.489. The van der Waals surface area contributed by atoms with E-state index >= 15 is 0 Å². The highest BCUT2D eigenvalue weighted by molar-refractivity contribution is 7.14. The first-order valence-electron chi connectivity index (χ1n) is 8.60. The van der Waals surface area contributed by atoms with Crippen molar-refractivity contribution in [2.24, 2.45) is 0 Å². The van der Waals surface area contributed by atoms with Gasteiger partial charge in [0.05, 0.1) is 12.3 Å². The number of aromatic nitrogens is 3. The van der Waals surface area contributed by atoms with E-state index in [1.54, 1.807) is 6.92 Å². The lowest BCUT2D eigenvalue weighted by atomic mass is 10.1. The number of ether oxygens (including phenoxy) is 1. The maximum absolute atomic E-state index is 12.0. The summed E-state index contributed by atoms with van der Waals surface area (Å²) in [6.07, 6.45) is 2.77. The van der Waals surface area contributed by atoms with E-state index in [0.717, 1.165) is 16.8 Å². The van der Waals surface area contributed by atoms with Crippen molar-refractivity contribution in [3.63, 3.8) is 0 Å². The van der Waals surface area contributed by atoms with Crippen LogP contribution in [0.25, 0.3) is 11.3 Å². The molecule has 28 heavy (non-hydrogen) atoms. The number of benzene rings is 1. The fourth-order valence-corrected chi connectivity index (χ4v) is 3.09. The van der Waals surface area contributed by atoms with E-state index in [1.807, 2.05) is 29.6 Å². The van der Waals surface area contributed by atoms with Gasteiger partial charge in [-0.15, -0.1) is 11.3 Å². The van der Waals surface area contributed by atoms with Crippen LogP contribution >= 0.6 is 11.3 Å². The molecule has 0 bridgehead atoms. The summed E-state index contributed by atoms with van der Waals surface area (Å²) in [4.78, 5) is 35.6. The van der Waals surface area contributed by atoms with Crippen LogP contribution in [0.2, 0.25) is 0 Å². The van der Waals surface area contributed by atoms with Crippen molar-refractivity contribution in [2.45, 2.75) is 20.4 Å². The first-order valence-corrected chi connectivity index (χ1v) is 9.48. The lowest BCUT2D eigenvalue weighted by Crippen LogP contribution is -2.18. The van der Waals surface area contributed by atoms with E-state index in [0.29, 0.717) is 17.5 Å². The van der Waals surface area contributed by atoms with Crippen LogP contribution in [-0.4, -0.2) is 33.4 Å². The quantitative estimate of drug-likeness (QED) is 0.590. The summed E-state index contributed by atoms with van der Waals surface area (Å²) in [7, 11) is 0. The lowest BCUT2D eigenvalue weighted by Gasteiger charge is -2.07. The van der Waals surface area contributed by atoms with Gasteiger partial charge in [0.1, 0.15) is 17.7 Å². The molecule has 2 N–H and O–H groups in total. The summed E-state index contributed by atoms with van der Waals surface area (Å²) in [5, 5.41) is 8.33. The molecular formula is C19H19N5O3S. The van der Waals surface area contributed by atoms with Crippen LogP contribution in [0.15, 0.2) is 42.2 Å². The SMILES string of the molecule is CCOC(=O)c1cncnc1Nc1nc(-c2ccc(CNC(C)=O)cc2)cs1. The van der Waals surface area contributed by atoms with Gasteiger partial charge < -0.3 is 15.4 Å². The van der Waals surface area contributed by atoms with Crippen LogP contribution in [0, 0.1) is 0 Å². The first kappa shape index (κ1) is 19.4. The molecule has 0 fully saturated rings. The summed E-state index contributed by atoms with van der Waals surface area (Å²) in [6, 6.07) is 7.79. The molecule has 0 atom stereocenters. The molecule has 0 aliphatic heterocycles. The highest BCUT2D eigenvalue weighted by Gasteiger charge is 2.15. The molecule has 3 aromatic rings. The molecule has 0 saturated heterocycles. The summed E-state index contributed by atoms with van der Waals surface area (Å²) >= 11 is 1.40. The lowest BCUT2D eigenvalue weighted by molar-refractivity contribution is -0.119. The van der Waals surface area contributed by atoms with Crippen molar-refractivity contribution in [3.05, 3.63) is 53.3 Å². The van der Waals surface area contributed by atoms with Crippen LogP contribution in [0.4, 0.5) is 10.9 Å². The monoisotopic (exact) mass is 397 g/mol. The van der Waals surface area contributed by atoms with Gasteiger partial charge in [-0.3, -0.25) is 4.79 Å². The van der Waals surface area contributed by atoms with Gasteiger partial charge in [-0.1, -0.05) is 24.3 Å². The normalized spacial score (nSPS) is 10.4. The fraction of sp³-hybridized carbons (Fsp3) is 0.211. The smallest absolute Gasteiger partial charge is 0.343 e. The standard InChI is InChI=1S/C19H19N5O3S/c1-3-27-18(26)15-9-20-11-22-17(15)24-19-23-16(10-28-19)14-6-4-13(5-7-14)8-21-12(2)25/h4-7,9-11H,3,8H2,1-2H3,(H,21,25)(H,20,22,23,24). The highest BCUT2D eigenvalue weighted by atomic mass is 32.1. The van der Waals surface area contributed by atoms with Crippen molar-refractivity contribution in [2.75, 3.05) is 11.9 Å². The Morgan fingerprint density at radius 1 is 1.21 bits per heavy atom. The molecule has 1 amide bonds. The second kappa shape index (κ2) is 9.05. The fourth-order valence-electron chi connectivity index (χ4n) is 2.37. The number of esters is 1. The van der Waals surface area contributed by atoms with Crippen molar-refractivity contribution in [3.8, 4) is 11.3 Å². The molecule has 144 valence electrons. The predicted octanol–water partition coefficient (Wildman–Crippen LogP) is 3.16. The molecule has 3 rings (SSSR count). The van der Waals surface area contributed by atoms with E-state index in [1.165, 1.54) is 30.8 Å². The second-order valence-corrected chi connectivity index (χ2v) is 6.63. The van der Waals surface area contributed by atoms with Gasteiger partial charge in [0.2, 0.25) is 5.91 Å². The number of hydrogen-bond acceptors (Lipinski definition) is 8. The van der Waals surface area contributed by atoms with Gasteiger partial charge in [0, 0.05) is 30.6 Å².